The van der Waals surface area contributed by atoms with Crippen molar-refractivity contribution in [3.63, 3.8) is 0 Å². The quantitative estimate of drug-likeness (QED) is 0.283. The Balaban J connectivity index is 1.42. The highest BCUT2D eigenvalue weighted by atomic mass is 35.5. The van der Waals surface area contributed by atoms with Crippen LogP contribution in [0.3, 0.4) is 0 Å². The van der Waals surface area contributed by atoms with Gasteiger partial charge in [-0.15, -0.1) is 11.3 Å². The number of carbonyl (C=O) groups is 3. The number of nitro groups is 1. The molecule has 0 aliphatic heterocycles. The first-order valence-corrected chi connectivity index (χ1v) is 10.4. The zero-order valence-electron chi connectivity index (χ0n) is 16.5. The number of carbonyl (C=O) groups excluding carboxylic acids is 3. The van der Waals surface area contributed by atoms with Crippen LogP contribution in [0.1, 0.15) is 30.6 Å². The number of hydrogen-bond donors (Lipinski definition) is 3. The van der Waals surface area contributed by atoms with Crippen molar-refractivity contribution < 1.29 is 23.7 Å². The molecular weight excluding hydrogens is 472 g/mol. The Hall–Kier alpha value is -4.22. The summed E-state index contributed by atoms with van der Waals surface area (Å²) < 4.78 is 5.44. The number of hydrazine groups is 1. The third-order valence-electron chi connectivity index (χ3n) is 4.47. The fourth-order valence-electron chi connectivity index (χ4n) is 2.86. The van der Waals surface area contributed by atoms with E-state index in [0.717, 1.165) is 11.3 Å². The number of anilines is 1. The molecule has 12 heteroatoms. The number of rotatable bonds is 5. The summed E-state index contributed by atoms with van der Waals surface area (Å²) in [5.41, 5.74) is 5.02. The first kappa shape index (κ1) is 22.0. The standard InChI is InChI=1S/C21H13ClN4O6S/c22-17-14-8-7-13(26(30)31)10-16(14)33-18(17)21(29)23-12-5-3-11(4-6-12)19(27)24-25-20(28)15-2-1-9-32-15/h1-10H,(H,23,29)(H,24,27)(H,25,28). The van der Waals surface area contributed by atoms with Gasteiger partial charge in [0, 0.05) is 33.5 Å². The number of hydrogen-bond acceptors (Lipinski definition) is 7. The molecule has 2 aromatic heterocycles. The van der Waals surface area contributed by atoms with E-state index in [0.29, 0.717) is 15.8 Å². The largest absolute Gasteiger partial charge is 0.459 e. The smallest absolute Gasteiger partial charge is 0.305 e. The molecule has 0 saturated heterocycles. The minimum Gasteiger partial charge on any atom is -0.459 e. The number of amides is 3. The van der Waals surface area contributed by atoms with Crippen LogP contribution in [-0.2, 0) is 0 Å². The van der Waals surface area contributed by atoms with Gasteiger partial charge in [-0.05, 0) is 42.5 Å². The van der Waals surface area contributed by atoms with E-state index in [1.807, 2.05) is 0 Å². The van der Waals surface area contributed by atoms with Crippen LogP contribution < -0.4 is 16.2 Å². The summed E-state index contributed by atoms with van der Waals surface area (Å²) in [6.45, 7) is 0. The molecule has 33 heavy (non-hydrogen) atoms. The Labute approximate surface area is 194 Å². The lowest BCUT2D eigenvalue weighted by atomic mass is 10.2. The average molecular weight is 485 g/mol. The Bertz CT molecular complexity index is 1380. The molecule has 0 fully saturated rings. The molecule has 4 aromatic rings. The molecule has 0 saturated carbocycles. The number of nitrogens with zero attached hydrogens (tertiary/aromatic N) is 1. The average Bonchev–Trinajstić information content (AvgIpc) is 3.46. The van der Waals surface area contributed by atoms with E-state index in [9.17, 15) is 24.5 Å². The van der Waals surface area contributed by atoms with Crippen molar-refractivity contribution in [2.75, 3.05) is 5.32 Å². The maximum Gasteiger partial charge on any atom is 0.305 e. The first-order valence-electron chi connectivity index (χ1n) is 9.25. The van der Waals surface area contributed by atoms with Crippen molar-refractivity contribution in [3.05, 3.63) is 92.2 Å². The lowest BCUT2D eigenvalue weighted by molar-refractivity contribution is -0.384. The third kappa shape index (κ3) is 4.68. The number of non-ortho nitro benzene ring substituents is 1. The van der Waals surface area contributed by atoms with Crippen molar-refractivity contribution in [2.45, 2.75) is 0 Å². The molecule has 0 bridgehead atoms. The summed E-state index contributed by atoms with van der Waals surface area (Å²) >= 11 is 7.34. The van der Waals surface area contributed by atoms with Crippen LogP contribution in [0.4, 0.5) is 11.4 Å². The minimum absolute atomic E-state index is 0.0443. The summed E-state index contributed by atoms with van der Waals surface area (Å²) in [6.07, 6.45) is 1.33. The molecule has 0 unspecified atom stereocenters. The van der Waals surface area contributed by atoms with E-state index in [1.54, 1.807) is 6.07 Å². The molecule has 0 atom stereocenters. The van der Waals surface area contributed by atoms with Gasteiger partial charge >= 0.3 is 5.91 Å². The van der Waals surface area contributed by atoms with E-state index in [2.05, 4.69) is 16.2 Å². The second-order valence-corrected chi connectivity index (χ2v) is 8.03. The van der Waals surface area contributed by atoms with Crippen LogP contribution in [0, 0.1) is 10.1 Å². The molecule has 3 N–H and O–H groups in total. The Kier molecular flexibility index (Phi) is 6.07. The third-order valence-corrected chi connectivity index (χ3v) is 6.13. The Morgan fingerprint density at radius 2 is 1.70 bits per heavy atom. The summed E-state index contributed by atoms with van der Waals surface area (Å²) in [5.74, 6) is -1.63. The van der Waals surface area contributed by atoms with Gasteiger partial charge in [-0.1, -0.05) is 11.6 Å². The second kappa shape index (κ2) is 9.10. The fraction of sp³-hybridized carbons (Fsp3) is 0. The molecular formula is C21H13ClN4O6S. The Morgan fingerprint density at radius 1 is 0.970 bits per heavy atom. The lowest BCUT2D eigenvalue weighted by Gasteiger charge is -2.08. The van der Waals surface area contributed by atoms with Gasteiger partial charge in [0.15, 0.2) is 5.76 Å². The summed E-state index contributed by atoms with van der Waals surface area (Å²) in [7, 11) is 0. The van der Waals surface area contributed by atoms with Crippen LogP contribution in [0.2, 0.25) is 5.02 Å². The maximum absolute atomic E-state index is 12.7. The summed E-state index contributed by atoms with van der Waals surface area (Å²) in [5, 5.41) is 14.4. The van der Waals surface area contributed by atoms with Crippen LogP contribution in [0.25, 0.3) is 10.1 Å². The molecule has 0 aliphatic carbocycles. The highest BCUT2D eigenvalue weighted by Gasteiger charge is 2.19. The van der Waals surface area contributed by atoms with E-state index in [4.69, 9.17) is 16.0 Å². The van der Waals surface area contributed by atoms with Gasteiger partial charge < -0.3 is 9.73 Å². The van der Waals surface area contributed by atoms with E-state index >= 15 is 0 Å². The van der Waals surface area contributed by atoms with Crippen LogP contribution in [0.15, 0.2) is 65.3 Å². The van der Waals surface area contributed by atoms with Gasteiger partial charge in [-0.2, -0.15) is 0 Å². The molecule has 2 heterocycles. The molecule has 0 spiro atoms. The van der Waals surface area contributed by atoms with Crippen molar-refractivity contribution in [3.8, 4) is 0 Å². The minimum atomic E-state index is -0.609. The Morgan fingerprint density at radius 3 is 2.36 bits per heavy atom. The lowest BCUT2D eigenvalue weighted by Crippen LogP contribution is -2.41. The number of nitro benzene ring substituents is 1. The van der Waals surface area contributed by atoms with E-state index in [-0.39, 0.29) is 26.9 Å². The van der Waals surface area contributed by atoms with Gasteiger partial charge in [0.25, 0.3) is 17.5 Å². The predicted octanol–water partition coefficient (Wildman–Crippen LogP) is 4.38. The van der Waals surface area contributed by atoms with Crippen LogP contribution in [0.5, 0.6) is 0 Å². The van der Waals surface area contributed by atoms with E-state index < -0.39 is 22.6 Å². The van der Waals surface area contributed by atoms with Crippen LogP contribution >= 0.6 is 22.9 Å². The molecule has 0 radical (unpaired) electrons. The summed E-state index contributed by atoms with van der Waals surface area (Å²) in [4.78, 5) is 47.3. The predicted molar refractivity (Wildman–Crippen MR) is 122 cm³/mol. The van der Waals surface area contributed by atoms with Gasteiger partial charge in [-0.3, -0.25) is 35.3 Å². The zero-order chi connectivity index (χ0) is 23.5. The highest BCUT2D eigenvalue weighted by Crippen LogP contribution is 2.37. The number of furan rings is 1. The monoisotopic (exact) mass is 484 g/mol. The molecule has 0 aliphatic rings. The van der Waals surface area contributed by atoms with Gasteiger partial charge in [-0.25, -0.2) is 0 Å². The van der Waals surface area contributed by atoms with Crippen molar-refractivity contribution in [1.82, 2.24) is 10.9 Å². The van der Waals surface area contributed by atoms with Gasteiger partial charge in [0.05, 0.1) is 16.2 Å². The van der Waals surface area contributed by atoms with Gasteiger partial charge in [0.1, 0.15) is 4.88 Å². The fourth-order valence-corrected chi connectivity index (χ4v) is 4.31. The first-order chi connectivity index (χ1) is 15.8. The van der Waals surface area contributed by atoms with Crippen molar-refractivity contribution >= 4 is 62.1 Å². The molecule has 10 nitrogen and oxygen atoms in total. The number of nitrogens with one attached hydrogen (secondary N) is 3. The molecule has 166 valence electrons. The van der Waals surface area contributed by atoms with Crippen LogP contribution in [-0.4, -0.2) is 22.6 Å². The number of thiophene rings is 1. The molecule has 4 rings (SSSR count). The van der Waals surface area contributed by atoms with Gasteiger partial charge in [0.2, 0.25) is 0 Å². The highest BCUT2D eigenvalue weighted by molar-refractivity contribution is 7.21. The SMILES string of the molecule is O=C(NNC(=O)c1ccco1)c1ccc(NC(=O)c2sc3cc([N+](=O)[O-])ccc3c2Cl)cc1. The zero-order valence-corrected chi connectivity index (χ0v) is 18.0. The van der Waals surface area contributed by atoms with E-state index in [1.165, 1.54) is 54.8 Å². The normalized spacial score (nSPS) is 10.6. The van der Waals surface area contributed by atoms with Crippen molar-refractivity contribution in [2.24, 2.45) is 0 Å². The second-order valence-electron chi connectivity index (χ2n) is 6.60. The molecule has 3 amide bonds. The number of fused-ring (bicyclic) bond motifs is 1. The summed E-state index contributed by atoms with van der Waals surface area (Å²) in [6, 6.07) is 13.1. The molecule has 2 aromatic carbocycles. The number of halogens is 1. The maximum atomic E-state index is 12.7. The number of benzene rings is 2. The van der Waals surface area contributed by atoms with Crippen molar-refractivity contribution in [1.29, 1.82) is 0 Å². The topological polar surface area (TPSA) is 144 Å².